The minimum absolute atomic E-state index is 0.101. The molecule has 0 atom stereocenters. The van der Waals surface area contributed by atoms with Crippen molar-refractivity contribution in [2.24, 2.45) is 5.73 Å². The molecule has 0 saturated carbocycles. The molecule has 0 bridgehead atoms. The van der Waals surface area contributed by atoms with E-state index in [0.717, 1.165) is 6.07 Å². The molecule has 10 heteroatoms. The van der Waals surface area contributed by atoms with Crippen LogP contribution in [0.2, 0.25) is 0 Å². The van der Waals surface area contributed by atoms with Crippen LogP contribution in [-0.4, -0.2) is 43.2 Å². The number of nitrogens with two attached hydrogens (primary N) is 1. The molecule has 2 heterocycles. The number of ether oxygens (including phenoxy) is 2. The Morgan fingerprint density at radius 2 is 1.95 bits per heavy atom. The van der Waals surface area contributed by atoms with Crippen molar-refractivity contribution in [3.63, 3.8) is 0 Å². The second-order valence-electron chi connectivity index (χ2n) is 4.48. The van der Waals surface area contributed by atoms with Gasteiger partial charge in [0.05, 0.1) is 24.5 Å². The average Bonchev–Trinajstić information content (AvgIpc) is 2.46. The van der Waals surface area contributed by atoms with E-state index in [4.69, 9.17) is 21.3 Å². The largest absolute Gasteiger partial charge is 0.417 e. The third-order valence-corrected chi connectivity index (χ3v) is 2.97. The van der Waals surface area contributed by atoms with Crippen LogP contribution in [-0.2, 0) is 15.7 Å². The highest BCUT2D eigenvalue weighted by molar-refractivity contribution is 6.01. The van der Waals surface area contributed by atoms with Crippen molar-refractivity contribution >= 4 is 17.6 Å². The molecule has 22 heavy (non-hydrogen) atoms. The van der Waals surface area contributed by atoms with Crippen LogP contribution in [0.1, 0.15) is 11.3 Å². The van der Waals surface area contributed by atoms with Crippen molar-refractivity contribution in [2.75, 3.05) is 31.2 Å². The standard InChI is InChI=1S/C12H14F3N5O2/c13-12(14,15)7-5-8(20-1-3-21-4-2-20)9(19-6-7)10(16)22-11(17)18/h5-6,16H,1-4H2,(H3,17,18). The number of morpholine rings is 1. The summed E-state index contributed by atoms with van der Waals surface area (Å²) in [5, 5.41) is 14.7. The normalized spacial score (nSPS) is 15.5. The maximum Gasteiger partial charge on any atom is 0.417 e. The lowest BCUT2D eigenvalue weighted by Crippen LogP contribution is -2.38. The highest BCUT2D eigenvalue weighted by Gasteiger charge is 2.33. The molecule has 0 unspecified atom stereocenters. The molecule has 0 aromatic carbocycles. The lowest BCUT2D eigenvalue weighted by molar-refractivity contribution is -0.137. The van der Waals surface area contributed by atoms with Gasteiger partial charge in [0, 0.05) is 19.3 Å². The van der Waals surface area contributed by atoms with E-state index < -0.39 is 23.7 Å². The van der Waals surface area contributed by atoms with Gasteiger partial charge in [0.15, 0.2) is 0 Å². The highest BCUT2D eigenvalue weighted by atomic mass is 19.4. The van der Waals surface area contributed by atoms with E-state index >= 15 is 0 Å². The van der Waals surface area contributed by atoms with Crippen molar-refractivity contribution in [1.29, 1.82) is 10.8 Å². The van der Waals surface area contributed by atoms with E-state index in [1.807, 2.05) is 0 Å². The van der Waals surface area contributed by atoms with Gasteiger partial charge in [-0.05, 0) is 6.07 Å². The third-order valence-electron chi connectivity index (χ3n) is 2.97. The van der Waals surface area contributed by atoms with Crippen LogP contribution in [0.15, 0.2) is 12.3 Å². The molecule has 7 nitrogen and oxygen atoms in total. The van der Waals surface area contributed by atoms with E-state index in [0.29, 0.717) is 32.5 Å². The first-order valence-electron chi connectivity index (χ1n) is 6.30. The quantitative estimate of drug-likeness (QED) is 0.560. The van der Waals surface area contributed by atoms with Crippen molar-refractivity contribution in [2.45, 2.75) is 6.18 Å². The Morgan fingerprint density at radius 1 is 1.32 bits per heavy atom. The van der Waals surface area contributed by atoms with Crippen LogP contribution in [0.4, 0.5) is 18.9 Å². The maximum absolute atomic E-state index is 12.9. The van der Waals surface area contributed by atoms with Crippen molar-refractivity contribution in [3.8, 4) is 0 Å². The summed E-state index contributed by atoms with van der Waals surface area (Å²) in [4.78, 5) is 5.29. The van der Waals surface area contributed by atoms with Crippen LogP contribution in [0.5, 0.6) is 0 Å². The molecule has 0 spiro atoms. The smallest absolute Gasteiger partial charge is 0.406 e. The third kappa shape index (κ3) is 3.64. The molecular formula is C12H14F3N5O2. The van der Waals surface area contributed by atoms with Gasteiger partial charge in [-0.1, -0.05) is 0 Å². The van der Waals surface area contributed by atoms with E-state index in [1.165, 1.54) is 0 Å². The van der Waals surface area contributed by atoms with Gasteiger partial charge in [0.25, 0.3) is 6.02 Å². The topological polar surface area (TPSA) is 108 Å². The molecule has 1 fully saturated rings. The first-order valence-corrected chi connectivity index (χ1v) is 6.30. The number of pyridine rings is 1. The minimum Gasteiger partial charge on any atom is -0.406 e. The number of nitrogens with one attached hydrogen (secondary N) is 2. The fourth-order valence-electron chi connectivity index (χ4n) is 1.99. The fraction of sp³-hybridized carbons (Fsp3) is 0.417. The Kier molecular flexibility index (Phi) is 4.50. The zero-order valence-electron chi connectivity index (χ0n) is 11.4. The van der Waals surface area contributed by atoms with Crippen LogP contribution < -0.4 is 10.6 Å². The molecule has 1 aliphatic heterocycles. The summed E-state index contributed by atoms with van der Waals surface area (Å²) in [6.07, 6.45) is -3.92. The predicted molar refractivity (Wildman–Crippen MR) is 72.1 cm³/mol. The maximum atomic E-state index is 12.9. The van der Waals surface area contributed by atoms with Gasteiger partial charge in [0.2, 0.25) is 5.90 Å². The first-order chi connectivity index (χ1) is 10.3. The number of amidine groups is 1. The molecule has 0 aliphatic carbocycles. The summed E-state index contributed by atoms with van der Waals surface area (Å²) in [6, 6.07) is 0.172. The van der Waals surface area contributed by atoms with Crippen LogP contribution in [0, 0.1) is 10.8 Å². The van der Waals surface area contributed by atoms with Gasteiger partial charge in [0.1, 0.15) is 5.69 Å². The molecule has 0 radical (unpaired) electrons. The molecule has 1 saturated heterocycles. The van der Waals surface area contributed by atoms with Gasteiger partial charge >= 0.3 is 6.18 Å². The summed E-state index contributed by atoms with van der Waals surface area (Å²) >= 11 is 0. The molecule has 120 valence electrons. The Hall–Kier alpha value is -2.36. The molecule has 1 aromatic heterocycles. The Balaban J connectivity index is 2.43. The zero-order valence-corrected chi connectivity index (χ0v) is 11.4. The number of aromatic nitrogens is 1. The molecule has 0 amide bonds. The summed E-state index contributed by atoms with van der Waals surface area (Å²) in [5.74, 6) is -0.581. The fourth-order valence-corrected chi connectivity index (χ4v) is 1.99. The van der Waals surface area contributed by atoms with Crippen LogP contribution >= 0.6 is 0 Å². The SMILES string of the molecule is N=C(N)OC(=N)c1ncc(C(F)(F)F)cc1N1CCOCC1. The summed E-state index contributed by atoms with van der Waals surface area (Å²) in [7, 11) is 0. The number of rotatable bonds is 2. The number of hydrogen-bond donors (Lipinski definition) is 3. The van der Waals surface area contributed by atoms with Gasteiger partial charge in [-0.25, -0.2) is 4.98 Å². The molecule has 1 aromatic rings. The number of anilines is 1. The van der Waals surface area contributed by atoms with Crippen LogP contribution in [0.3, 0.4) is 0 Å². The Bertz CT molecular complexity index is 585. The second-order valence-corrected chi connectivity index (χ2v) is 4.48. The predicted octanol–water partition coefficient (Wildman–Crippen LogP) is 1.17. The van der Waals surface area contributed by atoms with E-state index in [-0.39, 0.29) is 11.4 Å². The number of hydrogen-bond acceptors (Lipinski definition) is 6. The second kappa shape index (κ2) is 6.18. The van der Waals surface area contributed by atoms with Crippen molar-refractivity contribution < 1.29 is 22.6 Å². The molecule has 4 N–H and O–H groups in total. The van der Waals surface area contributed by atoms with Crippen molar-refractivity contribution in [1.82, 2.24) is 4.98 Å². The lowest BCUT2D eigenvalue weighted by atomic mass is 10.1. The number of alkyl halides is 3. The van der Waals surface area contributed by atoms with E-state index in [9.17, 15) is 13.2 Å². The molecule has 2 rings (SSSR count). The van der Waals surface area contributed by atoms with Gasteiger partial charge in [-0.15, -0.1) is 0 Å². The van der Waals surface area contributed by atoms with Gasteiger partial charge < -0.3 is 20.1 Å². The Morgan fingerprint density at radius 3 is 2.50 bits per heavy atom. The Labute approximate surface area is 123 Å². The number of halogens is 3. The summed E-state index contributed by atoms with van der Waals surface area (Å²) in [5.41, 5.74) is 4.11. The van der Waals surface area contributed by atoms with Gasteiger partial charge in [-0.3, -0.25) is 10.8 Å². The summed E-state index contributed by atoms with van der Waals surface area (Å²) < 4.78 is 48.4. The number of nitrogens with zero attached hydrogens (tertiary/aromatic N) is 2. The van der Waals surface area contributed by atoms with Crippen LogP contribution in [0.25, 0.3) is 0 Å². The van der Waals surface area contributed by atoms with E-state index in [2.05, 4.69) is 9.72 Å². The minimum atomic E-state index is -4.55. The average molecular weight is 317 g/mol. The highest BCUT2D eigenvalue weighted by Crippen LogP contribution is 2.32. The van der Waals surface area contributed by atoms with E-state index in [1.54, 1.807) is 4.90 Å². The first kappa shape index (κ1) is 16.0. The van der Waals surface area contributed by atoms with Crippen molar-refractivity contribution in [3.05, 3.63) is 23.5 Å². The lowest BCUT2D eigenvalue weighted by Gasteiger charge is -2.30. The zero-order chi connectivity index (χ0) is 16.3. The monoisotopic (exact) mass is 317 g/mol. The molecular weight excluding hydrogens is 303 g/mol. The molecule has 1 aliphatic rings. The summed E-state index contributed by atoms with van der Waals surface area (Å²) in [6.45, 7) is 1.44. The van der Waals surface area contributed by atoms with Gasteiger partial charge in [-0.2, -0.15) is 13.2 Å².